The standard InChI is InChI=1S/C17H21N5O2/c1-13(23)20-11-14-3-7-21(8-4-14)17(24)15-2-5-19-16(10-15)22-9-6-18-12-22/h2,5-6,9-10,12,14H,3-4,7-8,11H2,1H3,(H,20,23). The maximum Gasteiger partial charge on any atom is 0.254 e. The fourth-order valence-electron chi connectivity index (χ4n) is 2.90. The number of likely N-dealkylation sites (tertiary alicyclic amines) is 1. The van der Waals surface area contributed by atoms with Crippen LogP contribution in [0, 0.1) is 5.92 Å². The third kappa shape index (κ3) is 3.79. The maximum atomic E-state index is 12.7. The highest BCUT2D eigenvalue weighted by Crippen LogP contribution is 2.19. The van der Waals surface area contributed by atoms with E-state index in [1.807, 2.05) is 4.90 Å². The lowest BCUT2D eigenvalue weighted by Crippen LogP contribution is -2.41. The molecule has 0 aromatic carbocycles. The highest BCUT2D eigenvalue weighted by atomic mass is 16.2. The van der Waals surface area contributed by atoms with Crippen LogP contribution in [0.4, 0.5) is 0 Å². The van der Waals surface area contributed by atoms with Gasteiger partial charge in [0.15, 0.2) is 0 Å². The van der Waals surface area contributed by atoms with Crippen LogP contribution < -0.4 is 5.32 Å². The van der Waals surface area contributed by atoms with Gasteiger partial charge in [0.25, 0.3) is 5.91 Å². The molecule has 2 amide bonds. The molecule has 1 aliphatic heterocycles. The Bertz CT molecular complexity index is 706. The second-order valence-electron chi connectivity index (χ2n) is 6.05. The Morgan fingerprint density at radius 3 is 2.75 bits per heavy atom. The number of hydrogen-bond acceptors (Lipinski definition) is 4. The number of rotatable bonds is 4. The van der Waals surface area contributed by atoms with Gasteiger partial charge in [0.1, 0.15) is 12.1 Å². The van der Waals surface area contributed by atoms with E-state index in [0.29, 0.717) is 36.9 Å². The molecule has 1 N–H and O–H groups in total. The molecule has 1 saturated heterocycles. The van der Waals surface area contributed by atoms with Crippen LogP contribution in [0.2, 0.25) is 0 Å². The minimum Gasteiger partial charge on any atom is -0.356 e. The van der Waals surface area contributed by atoms with E-state index in [9.17, 15) is 9.59 Å². The van der Waals surface area contributed by atoms with Gasteiger partial charge in [-0.3, -0.25) is 14.2 Å². The average molecular weight is 327 g/mol. The van der Waals surface area contributed by atoms with Gasteiger partial charge in [-0.15, -0.1) is 0 Å². The zero-order chi connectivity index (χ0) is 16.9. The van der Waals surface area contributed by atoms with Crippen molar-refractivity contribution in [2.75, 3.05) is 19.6 Å². The Morgan fingerprint density at radius 2 is 2.08 bits per heavy atom. The van der Waals surface area contributed by atoms with Gasteiger partial charge in [-0.25, -0.2) is 9.97 Å². The number of amides is 2. The number of carbonyl (C=O) groups is 2. The lowest BCUT2D eigenvalue weighted by Gasteiger charge is -2.32. The highest BCUT2D eigenvalue weighted by molar-refractivity contribution is 5.94. The topological polar surface area (TPSA) is 80.1 Å². The molecule has 0 bridgehead atoms. The highest BCUT2D eigenvalue weighted by Gasteiger charge is 2.24. The first-order valence-electron chi connectivity index (χ1n) is 8.11. The zero-order valence-corrected chi connectivity index (χ0v) is 13.7. The van der Waals surface area contributed by atoms with Gasteiger partial charge >= 0.3 is 0 Å². The number of aromatic nitrogens is 3. The summed E-state index contributed by atoms with van der Waals surface area (Å²) in [4.78, 5) is 33.8. The smallest absolute Gasteiger partial charge is 0.254 e. The lowest BCUT2D eigenvalue weighted by molar-refractivity contribution is -0.119. The molecule has 2 aromatic heterocycles. The largest absolute Gasteiger partial charge is 0.356 e. The number of hydrogen-bond donors (Lipinski definition) is 1. The molecular weight excluding hydrogens is 306 g/mol. The predicted octanol–water partition coefficient (Wildman–Crippen LogP) is 1.26. The second-order valence-corrected chi connectivity index (χ2v) is 6.05. The molecule has 126 valence electrons. The van der Waals surface area contributed by atoms with E-state index in [4.69, 9.17) is 0 Å². The minimum atomic E-state index is -0.00248. The van der Waals surface area contributed by atoms with Gasteiger partial charge in [0, 0.05) is 50.7 Å². The summed E-state index contributed by atoms with van der Waals surface area (Å²) in [6.07, 6.45) is 8.59. The first-order valence-corrected chi connectivity index (χ1v) is 8.11. The Morgan fingerprint density at radius 1 is 1.29 bits per heavy atom. The van der Waals surface area contributed by atoms with Gasteiger partial charge in [-0.1, -0.05) is 0 Å². The van der Waals surface area contributed by atoms with Crippen molar-refractivity contribution in [3.05, 3.63) is 42.6 Å². The van der Waals surface area contributed by atoms with E-state index < -0.39 is 0 Å². The van der Waals surface area contributed by atoms with Crippen molar-refractivity contribution < 1.29 is 9.59 Å². The fourth-order valence-corrected chi connectivity index (χ4v) is 2.90. The van der Waals surface area contributed by atoms with Gasteiger partial charge < -0.3 is 10.2 Å². The molecule has 1 aliphatic rings. The van der Waals surface area contributed by atoms with Crippen LogP contribution in [0.5, 0.6) is 0 Å². The molecule has 0 unspecified atom stereocenters. The predicted molar refractivity (Wildman–Crippen MR) is 88.7 cm³/mol. The van der Waals surface area contributed by atoms with Gasteiger partial charge in [-0.2, -0.15) is 0 Å². The van der Waals surface area contributed by atoms with E-state index in [2.05, 4.69) is 15.3 Å². The number of nitrogens with one attached hydrogen (secondary N) is 1. The molecular formula is C17H21N5O2. The van der Waals surface area contributed by atoms with Crippen LogP contribution in [0.1, 0.15) is 30.1 Å². The maximum absolute atomic E-state index is 12.7. The first-order chi connectivity index (χ1) is 11.6. The summed E-state index contributed by atoms with van der Waals surface area (Å²) < 4.78 is 1.77. The number of pyridine rings is 1. The normalized spacial score (nSPS) is 15.3. The zero-order valence-electron chi connectivity index (χ0n) is 13.7. The summed E-state index contributed by atoms with van der Waals surface area (Å²) in [6.45, 7) is 3.65. The van der Waals surface area contributed by atoms with Crippen molar-refractivity contribution in [1.82, 2.24) is 24.8 Å². The summed E-state index contributed by atoms with van der Waals surface area (Å²) in [5.74, 6) is 1.14. The van der Waals surface area contributed by atoms with Crippen LogP contribution in [0.15, 0.2) is 37.1 Å². The number of carbonyl (C=O) groups excluding carboxylic acids is 2. The molecule has 3 heterocycles. The Kier molecular flexibility index (Phi) is 4.88. The van der Waals surface area contributed by atoms with Crippen LogP contribution in [0.3, 0.4) is 0 Å². The number of imidazole rings is 1. The molecule has 0 atom stereocenters. The van der Waals surface area contributed by atoms with Crippen molar-refractivity contribution in [2.45, 2.75) is 19.8 Å². The Labute approximate surface area is 140 Å². The van der Waals surface area contributed by atoms with E-state index in [-0.39, 0.29) is 11.8 Å². The molecule has 0 radical (unpaired) electrons. The summed E-state index contributed by atoms with van der Waals surface area (Å²) in [5.41, 5.74) is 0.633. The van der Waals surface area contributed by atoms with Crippen molar-refractivity contribution >= 4 is 11.8 Å². The van der Waals surface area contributed by atoms with Gasteiger partial charge in [-0.05, 0) is 30.9 Å². The Balaban J connectivity index is 1.61. The molecule has 24 heavy (non-hydrogen) atoms. The van der Waals surface area contributed by atoms with Crippen LogP contribution >= 0.6 is 0 Å². The molecule has 1 fully saturated rings. The molecule has 7 nitrogen and oxygen atoms in total. The quantitative estimate of drug-likeness (QED) is 0.917. The Hall–Kier alpha value is -2.70. The third-order valence-corrected chi connectivity index (χ3v) is 4.30. The van der Waals surface area contributed by atoms with Gasteiger partial charge in [0.05, 0.1) is 0 Å². The summed E-state index contributed by atoms with van der Waals surface area (Å²) in [7, 11) is 0. The van der Waals surface area contributed by atoms with E-state index in [1.165, 1.54) is 6.92 Å². The van der Waals surface area contributed by atoms with Crippen molar-refractivity contribution in [1.29, 1.82) is 0 Å². The molecule has 0 spiro atoms. The van der Waals surface area contributed by atoms with Crippen molar-refractivity contribution in [2.24, 2.45) is 5.92 Å². The number of piperidine rings is 1. The van der Waals surface area contributed by atoms with Crippen molar-refractivity contribution in [3.63, 3.8) is 0 Å². The lowest BCUT2D eigenvalue weighted by atomic mass is 9.96. The van der Waals surface area contributed by atoms with Crippen molar-refractivity contribution in [3.8, 4) is 5.82 Å². The third-order valence-electron chi connectivity index (χ3n) is 4.30. The van der Waals surface area contributed by atoms with E-state index >= 15 is 0 Å². The van der Waals surface area contributed by atoms with Gasteiger partial charge in [0.2, 0.25) is 5.91 Å². The summed E-state index contributed by atoms with van der Waals surface area (Å²) >= 11 is 0. The summed E-state index contributed by atoms with van der Waals surface area (Å²) in [5, 5.41) is 2.85. The van der Waals surface area contributed by atoms with E-state index in [1.54, 1.807) is 41.6 Å². The van der Waals surface area contributed by atoms with Crippen LogP contribution in [-0.2, 0) is 4.79 Å². The number of nitrogens with zero attached hydrogens (tertiary/aromatic N) is 4. The minimum absolute atomic E-state index is 0.00248. The first kappa shape index (κ1) is 16.2. The van der Waals surface area contributed by atoms with Crippen LogP contribution in [-0.4, -0.2) is 50.9 Å². The molecule has 0 aliphatic carbocycles. The molecule has 3 rings (SSSR count). The monoisotopic (exact) mass is 327 g/mol. The molecule has 2 aromatic rings. The SMILES string of the molecule is CC(=O)NCC1CCN(C(=O)c2ccnc(-n3ccnc3)c2)CC1. The molecule has 7 heteroatoms. The molecule has 0 saturated carbocycles. The second kappa shape index (κ2) is 7.25. The average Bonchev–Trinajstić information content (AvgIpc) is 3.14. The van der Waals surface area contributed by atoms with E-state index in [0.717, 1.165) is 12.8 Å². The summed E-state index contributed by atoms with van der Waals surface area (Å²) in [6, 6.07) is 3.53. The fraction of sp³-hybridized carbons (Fsp3) is 0.412. The van der Waals surface area contributed by atoms with Crippen LogP contribution in [0.25, 0.3) is 5.82 Å².